The van der Waals surface area contributed by atoms with Crippen molar-refractivity contribution in [2.45, 2.75) is 18.0 Å². The summed E-state index contributed by atoms with van der Waals surface area (Å²) >= 11 is 0. The number of nitro groups is 1. The van der Waals surface area contributed by atoms with Crippen LogP contribution in [0, 0.1) is 10.1 Å². The van der Waals surface area contributed by atoms with Gasteiger partial charge < -0.3 is 5.32 Å². The number of amides is 3. The van der Waals surface area contributed by atoms with Crippen LogP contribution in [-0.2, 0) is 15.1 Å². The van der Waals surface area contributed by atoms with E-state index in [1.807, 2.05) is 0 Å². The number of nitro benzene ring substituents is 1. The Balaban J connectivity index is 1.71. The molecule has 3 aromatic carbocycles. The minimum absolute atomic E-state index is 0.0962. The van der Waals surface area contributed by atoms with E-state index < -0.39 is 28.3 Å². The molecule has 0 aliphatic carbocycles. The zero-order valence-electron chi connectivity index (χ0n) is 18.0. The van der Waals surface area contributed by atoms with Crippen molar-refractivity contribution in [1.29, 1.82) is 0 Å². The molecular formula is C25H20N4O5. The summed E-state index contributed by atoms with van der Waals surface area (Å²) in [6.45, 7) is 0.280. The summed E-state index contributed by atoms with van der Waals surface area (Å²) in [7, 11) is 0. The number of imide groups is 1. The zero-order chi connectivity index (χ0) is 23.9. The molecule has 0 radical (unpaired) electrons. The Hall–Kier alpha value is -4.37. The second-order valence-corrected chi connectivity index (χ2v) is 8.17. The van der Waals surface area contributed by atoms with Gasteiger partial charge in [0.1, 0.15) is 0 Å². The number of nitrogens with one attached hydrogen (secondary N) is 1. The number of carbonyl (C=O) groups excluding carboxylic acids is 3. The van der Waals surface area contributed by atoms with Crippen LogP contribution in [0.5, 0.6) is 0 Å². The molecule has 9 heteroatoms. The molecular weight excluding hydrogens is 436 g/mol. The fraction of sp³-hybridized carbons (Fsp3) is 0.160. The van der Waals surface area contributed by atoms with E-state index in [0.717, 1.165) is 5.01 Å². The Morgan fingerprint density at radius 2 is 1.56 bits per heavy atom. The molecule has 34 heavy (non-hydrogen) atoms. The lowest BCUT2D eigenvalue weighted by atomic mass is 9.79. The fourth-order valence-electron chi connectivity index (χ4n) is 4.76. The summed E-state index contributed by atoms with van der Waals surface area (Å²) in [5, 5.41) is 16.9. The van der Waals surface area contributed by atoms with E-state index in [4.69, 9.17) is 0 Å². The summed E-state index contributed by atoms with van der Waals surface area (Å²) in [4.78, 5) is 50.8. The van der Waals surface area contributed by atoms with Gasteiger partial charge in [0.25, 0.3) is 17.5 Å². The maximum atomic E-state index is 14.0. The van der Waals surface area contributed by atoms with Crippen molar-refractivity contribution < 1.29 is 19.3 Å². The lowest BCUT2D eigenvalue weighted by molar-refractivity contribution is -0.384. The van der Waals surface area contributed by atoms with Gasteiger partial charge in [0.15, 0.2) is 5.54 Å². The molecule has 170 valence electrons. The van der Waals surface area contributed by atoms with E-state index in [2.05, 4.69) is 5.32 Å². The standard InChI is InChI=1S/C25H20N4O5/c30-21-15-16-27-22(17-11-13-20(14-12-17)29(33)34)25(24(32)28(21)27,19-9-5-2-6-10-19)26-23(31)18-7-3-1-4-8-18/h1-14,22H,15-16H2,(H,26,31). The minimum atomic E-state index is -1.62. The summed E-state index contributed by atoms with van der Waals surface area (Å²) < 4.78 is 0. The van der Waals surface area contributed by atoms with E-state index in [0.29, 0.717) is 16.7 Å². The monoisotopic (exact) mass is 456 g/mol. The number of hydrazine groups is 1. The Bertz CT molecular complexity index is 1280. The summed E-state index contributed by atoms with van der Waals surface area (Å²) in [6.07, 6.45) is 0.159. The third-order valence-corrected chi connectivity index (χ3v) is 6.28. The van der Waals surface area contributed by atoms with Gasteiger partial charge >= 0.3 is 0 Å². The second-order valence-electron chi connectivity index (χ2n) is 8.17. The van der Waals surface area contributed by atoms with Gasteiger partial charge in [0.2, 0.25) is 5.91 Å². The first-order valence-electron chi connectivity index (χ1n) is 10.7. The van der Waals surface area contributed by atoms with Crippen molar-refractivity contribution >= 4 is 23.4 Å². The van der Waals surface area contributed by atoms with E-state index in [1.54, 1.807) is 77.8 Å². The number of non-ortho nitro benzene ring substituents is 1. The van der Waals surface area contributed by atoms with E-state index in [-0.39, 0.29) is 24.6 Å². The fourth-order valence-corrected chi connectivity index (χ4v) is 4.76. The largest absolute Gasteiger partial charge is 0.332 e. The molecule has 2 heterocycles. The molecule has 3 aromatic rings. The molecule has 2 unspecified atom stereocenters. The molecule has 3 amide bonds. The van der Waals surface area contributed by atoms with Gasteiger partial charge in [0, 0.05) is 30.7 Å². The second kappa shape index (κ2) is 8.20. The normalized spacial score (nSPS) is 22.0. The highest BCUT2D eigenvalue weighted by Gasteiger charge is 2.64. The zero-order valence-corrected chi connectivity index (χ0v) is 18.0. The number of benzene rings is 3. The number of hydrogen-bond acceptors (Lipinski definition) is 6. The molecule has 0 bridgehead atoms. The van der Waals surface area contributed by atoms with Crippen LogP contribution in [0.4, 0.5) is 5.69 Å². The Kier molecular flexibility index (Phi) is 5.18. The Morgan fingerprint density at radius 1 is 0.941 bits per heavy atom. The number of rotatable bonds is 5. The maximum absolute atomic E-state index is 14.0. The molecule has 2 saturated heterocycles. The van der Waals surface area contributed by atoms with Gasteiger partial charge in [-0.2, -0.15) is 5.01 Å². The SMILES string of the molecule is O=C(NC1(c2ccccc2)C(=O)N2C(=O)CCN2C1c1ccc([N+](=O)[O-])cc1)c1ccccc1. The highest BCUT2D eigenvalue weighted by molar-refractivity contribution is 6.07. The van der Waals surface area contributed by atoms with Gasteiger partial charge in [0.05, 0.1) is 11.0 Å². The third-order valence-electron chi connectivity index (χ3n) is 6.28. The molecule has 5 rings (SSSR count). The van der Waals surface area contributed by atoms with Crippen molar-refractivity contribution in [3.05, 3.63) is 112 Å². The van der Waals surface area contributed by atoms with Crippen LogP contribution in [0.1, 0.15) is 33.9 Å². The smallest absolute Gasteiger partial charge is 0.276 e. The topological polar surface area (TPSA) is 113 Å². The molecule has 0 aromatic heterocycles. The van der Waals surface area contributed by atoms with Crippen LogP contribution < -0.4 is 5.32 Å². The first-order chi connectivity index (χ1) is 16.4. The first-order valence-corrected chi connectivity index (χ1v) is 10.7. The predicted molar refractivity (Wildman–Crippen MR) is 121 cm³/mol. The van der Waals surface area contributed by atoms with Crippen molar-refractivity contribution in [2.75, 3.05) is 6.54 Å². The summed E-state index contributed by atoms with van der Waals surface area (Å²) in [5.41, 5.74) is -0.286. The number of fused-ring (bicyclic) bond motifs is 1. The predicted octanol–water partition coefficient (Wildman–Crippen LogP) is 2.95. The van der Waals surface area contributed by atoms with Crippen molar-refractivity contribution in [3.63, 3.8) is 0 Å². The average Bonchev–Trinajstić information content (AvgIpc) is 3.36. The molecule has 2 fully saturated rings. The van der Waals surface area contributed by atoms with Crippen LogP contribution >= 0.6 is 0 Å². The van der Waals surface area contributed by atoms with E-state index in [9.17, 15) is 24.5 Å². The molecule has 2 atom stereocenters. The number of nitrogens with zero attached hydrogens (tertiary/aromatic N) is 3. The minimum Gasteiger partial charge on any atom is -0.332 e. The third kappa shape index (κ3) is 3.25. The number of hydrogen-bond donors (Lipinski definition) is 1. The van der Waals surface area contributed by atoms with Crippen LogP contribution in [-0.4, -0.2) is 39.2 Å². The van der Waals surface area contributed by atoms with Crippen molar-refractivity contribution in [3.8, 4) is 0 Å². The molecule has 2 aliphatic rings. The van der Waals surface area contributed by atoms with Gasteiger partial charge in [-0.1, -0.05) is 60.7 Å². The highest BCUT2D eigenvalue weighted by atomic mass is 16.6. The number of carbonyl (C=O) groups is 3. The lowest BCUT2D eigenvalue weighted by Crippen LogP contribution is -2.55. The van der Waals surface area contributed by atoms with Crippen molar-refractivity contribution in [2.24, 2.45) is 0 Å². The van der Waals surface area contributed by atoms with Crippen LogP contribution in [0.15, 0.2) is 84.9 Å². The van der Waals surface area contributed by atoms with Gasteiger partial charge in [-0.15, -0.1) is 0 Å². The molecule has 9 nitrogen and oxygen atoms in total. The lowest BCUT2D eigenvalue weighted by Gasteiger charge is -2.36. The summed E-state index contributed by atoms with van der Waals surface area (Å²) in [6, 6.07) is 22.3. The Labute approximate surface area is 194 Å². The average molecular weight is 456 g/mol. The van der Waals surface area contributed by atoms with Crippen LogP contribution in [0.2, 0.25) is 0 Å². The first kappa shape index (κ1) is 21.5. The van der Waals surface area contributed by atoms with Crippen molar-refractivity contribution in [1.82, 2.24) is 15.3 Å². The molecule has 0 spiro atoms. The summed E-state index contributed by atoms with van der Waals surface area (Å²) in [5.74, 6) is -1.39. The molecule has 1 N–H and O–H groups in total. The van der Waals surface area contributed by atoms with Gasteiger partial charge in [-0.3, -0.25) is 24.5 Å². The maximum Gasteiger partial charge on any atom is 0.276 e. The molecule has 2 aliphatic heterocycles. The quantitative estimate of drug-likeness (QED) is 0.359. The van der Waals surface area contributed by atoms with Gasteiger partial charge in [-0.05, 0) is 23.3 Å². The van der Waals surface area contributed by atoms with E-state index >= 15 is 0 Å². The van der Waals surface area contributed by atoms with E-state index in [1.165, 1.54) is 12.1 Å². The van der Waals surface area contributed by atoms with Crippen LogP contribution in [0.3, 0.4) is 0 Å². The Morgan fingerprint density at radius 3 is 2.18 bits per heavy atom. The molecule has 0 saturated carbocycles. The van der Waals surface area contributed by atoms with Gasteiger partial charge in [-0.25, -0.2) is 5.01 Å². The highest BCUT2D eigenvalue weighted by Crippen LogP contribution is 2.49. The van der Waals surface area contributed by atoms with Crippen LogP contribution in [0.25, 0.3) is 0 Å².